The number of hydrogen-bond acceptors (Lipinski definition) is 5. The zero-order chi connectivity index (χ0) is 19.6. The van der Waals surface area contributed by atoms with Crippen molar-refractivity contribution in [3.8, 4) is 17.0 Å². The number of carboxylic acid groups (broad SMARTS) is 1. The van der Waals surface area contributed by atoms with Gasteiger partial charge in [-0.15, -0.1) is 0 Å². The van der Waals surface area contributed by atoms with Gasteiger partial charge < -0.3 is 25.8 Å². The van der Waals surface area contributed by atoms with Crippen molar-refractivity contribution >= 4 is 11.7 Å². The molecule has 28 heavy (non-hydrogen) atoms. The maximum atomic E-state index is 12.3. The summed E-state index contributed by atoms with van der Waals surface area (Å²) in [6.45, 7) is 1.97. The van der Waals surface area contributed by atoms with E-state index in [1.807, 2.05) is 12.1 Å². The smallest absolute Gasteiger partial charge is 0.345 e. The topological polar surface area (TPSA) is 120 Å². The lowest BCUT2D eigenvalue weighted by molar-refractivity contribution is 0.0691. The fraction of sp³-hybridized carbons (Fsp3) is 0.429. The molecule has 146 valence electrons. The van der Waals surface area contributed by atoms with Gasteiger partial charge in [-0.1, -0.05) is 6.07 Å². The molecule has 0 bridgehead atoms. The molecule has 5 N–H and O–H groups in total. The summed E-state index contributed by atoms with van der Waals surface area (Å²) in [5.41, 5.74) is 8.89. The summed E-state index contributed by atoms with van der Waals surface area (Å²) in [6.07, 6.45) is 3.17. The van der Waals surface area contributed by atoms with Gasteiger partial charge in [-0.2, -0.15) is 0 Å². The van der Waals surface area contributed by atoms with E-state index >= 15 is 0 Å². The van der Waals surface area contributed by atoms with E-state index in [4.69, 9.17) is 5.73 Å². The molecule has 7 nitrogen and oxygen atoms in total. The Bertz CT molecular complexity index is 1030. The predicted octanol–water partition coefficient (Wildman–Crippen LogP) is 1.72. The van der Waals surface area contributed by atoms with Gasteiger partial charge in [0.05, 0.1) is 5.69 Å². The van der Waals surface area contributed by atoms with E-state index in [-0.39, 0.29) is 0 Å². The second-order valence-corrected chi connectivity index (χ2v) is 8.20. The van der Waals surface area contributed by atoms with Crippen LogP contribution in [0.3, 0.4) is 0 Å². The largest absolute Gasteiger partial charge is 0.506 e. The number of nitrogens with zero attached hydrogens (tertiary/aromatic N) is 1. The maximum Gasteiger partial charge on any atom is 0.345 e. The Balaban J connectivity index is 1.59. The van der Waals surface area contributed by atoms with Crippen molar-refractivity contribution in [2.45, 2.75) is 31.7 Å². The predicted molar refractivity (Wildman–Crippen MR) is 105 cm³/mol. The molecule has 2 fully saturated rings. The first kappa shape index (κ1) is 17.3. The van der Waals surface area contributed by atoms with Gasteiger partial charge in [0.15, 0.2) is 5.56 Å². The van der Waals surface area contributed by atoms with Gasteiger partial charge in [-0.3, -0.25) is 4.79 Å². The second kappa shape index (κ2) is 6.10. The highest BCUT2D eigenvalue weighted by Crippen LogP contribution is 2.46. The zero-order valence-electron chi connectivity index (χ0n) is 15.4. The summed E-state index contributed by atoms with van der Waals surface area (Å²) in [5.74, 6) is -0.613. The summed E-state index contributed by atoms with van der Waals surface area (Å²) in [4.78, 5) is 28.8. The third-order valence-corrected chi connectivity index (χ3v) is 6.61. The van der Waals surface area contributed by atoms with Crippen LogP contribution in [0.25, 0.3) is 11.3 Å². The quantitative estimate of drug-likeness (QED) is 0.629. The lowest BCUT2D eigenvalue weighted by Crippen LogP contribution is -2.28. The molecular formula is C21H23N3O4. The van der Waals surface area contributed by atoms with Crippen molar-refractivity contribution in [2.24, 2.45) is 17.6 Å². The summed E-state index contributed by atoms with van der Waals surface area (Å²) in [7, 11) is 0. The highest BCUT2D eigenvalue weighted by atomic mass is 16.4. The van der Waals surface area contributed by atoms with E-state index in [2.05, 4.69) is 16.0 Å². The minimum Gasteiger partial charge on any atom is -0.506 e. The lowest BCUT2D eigenvalue weighted by Gasteiger charge is -2.24. The number of hydrogen-bond donors (Lipinski definition) is 4. The van der Waals surface area contributed by atoms with Crippen LogP contribution in [-0.4, -0.2) is 40.3 Å². The number of rotatable bonds is 2. The van der Waals surface area contributed by atoms with Gasteiger partial charge in [0.1, 0.15) is 5.75 Å². The number of aromatic carboxylic acids is 1. The molecular weight excluding hydrogens is 358 g/mol. The Morgan fingerprint density at radius 3 is 2.61 bits per heavy atom. The molecule has 1 saturated heterocycles. The molecule has 3 aliphatic rings. The number of anilines is 1. The van der Waals surface area contributed by atoms with Crippen LogP contribution in [0.15, 0.2) is 23.0 Å². The zero-order valence-corrected chi connectivity index (χ0v) is 15.4. The first-order valence-corrected chi connectivity index (χ1v) is 9.81. The maximum absolute atomic E-state index is 12.3. The van der Waals surface area contributed by atoms with Crippen molar-refractivity contribution in [3.05, 3.63) is 45.2 Å². The number of carboxylic acids is 1. The number of piperidine rings is 1. The first-order chi connectivity index (χ1) is 13.5. The van der Waals surface area contributed by atoms with E-state index in [9.17, 15) is 19.8 Å². The third kappa shape index (κ3) is 2.53. The Morgan fingerprint density at radius 2 is 1.89 bits per heavy atom. The lowest BCUT2D eigenvalue weighted by atomic mass is 9.89. The summed E-state index contributed by atoms with van der Waals surface area (Å²) in [5, 5.41) is 19.8. The minimum absolute atomic E-state index is 0.351. The van der Waals surface area contributed by atoms with Gasteiger partial charge in [-0.05, 0) is 55.2 Å². The van der Waals surface area contributed by atoms with Crippen molar-refractivity contribution in [2.75, 3.05) is 18.0 Å². The van der Waals surface area contributed by atoms with Crippen LogP contribution in [-0.2, 0) is 12.8 Å². The Labute approximate surface area is 161 Å². The number of aryl methyl sites for hydroxylation is 1. The molecule has 1 unspecified atom stereocenters. The molecule has 1 aromatic heterocycles. The molecule has 1 aromatic carbocycles. The number of aromatic nitrogens is 1. The molecule has 0 amide bonds. The Morgan fingerprint density at radius 1 is 1.18 bits per heavy atom. The number of benzene rings is 1. The highest BCUT2D eigenvalue weighted by Gasteiger charge is 2.53. The van der Waals surface area contributed by atoms with Crippen LogP contribution in [0.1, 0.15) is 34.3 Å². The van der Waals surface area contributed by atoms with Crippen LogP contribution >= 0.6 is 0 Å². The van der Waals surface area contributed by atoms with Gasteiger partial charge in [0.25, 0.3) is 5.56 Å². The molecule has 0 spiro atoms. The number of fused-ring (bicyclic) bond motifs is 4. The number of nitrogens with one attached hydrogen (secondary N) is 1. The average Bonchev–Trinajstić information content (AvgIpc) is 3.03. The van der Waals surface area contributed by atoms with E-state index in [0.717, 1.165) is 49.2 Å². The van der Waals surface area contributed by atoms with Crippen LogP contribution in [0.4, 0.5) is 5.69 Å². The second-order valence-electron chi connectivity index (χ2n) is 8.20. The van der Waals surface area contributed by atoms with E-state index < -0.39 is 22.8 Å². The first-order valence-electron chi connectivity index (χ1n) is 9.81. The van der Waals surface area contributed by atoms with E-state index in [1.54, 1.807) is 0 Å². The normalized spacial score (nSPS) is 25.3. The minimum atomic E-state index is -1.41. The number of carbonyl (C=O) groups is 1. The van der Waals surface area contributed by atoms with Gasteiger partial charge >= 0.3 is 5.97 Å². The highest BCUT2D eigenvalue weighted by molar-refractivity contribution is 5.92. The third-order valence-electron chi connectivity index (χ3n) is 6.61. The molecule has 7 heteroatoms. The van der Waals surface area contributed by atoms with E-state index in [0.29, 0.717) is 35.6 Å². The standard InChI is InChI=1S/C21H23N3O4/c22-17-14-8-24(9-15(14)17)11-5-6-12-10(7-11)3-1-2-4-13-18(12)23-20(26)16(19(13)25)21(27)28/h5-7,14-15,17H,1-4,8-9,22H2,(H,27,28)(H2,23,25,26)/t14-,15+,17?. The molecule has 3 atom stereocenters. The number of H-pyrrole nitrogens is 1. The average molecular weight is 381 g/mol. The molecule has 2 aliphatic carbocycles. The van der Waals surface area contributed by atoms with Crippen molar-refractivity contribution in [1.29, 1.82) is 0 Å². The van der Waals surface area contributed by atoms with Crippen LogP contribution in [0.5, 0.6) is 5.75 Å². The monoisotopic (exact) mass is 381 g/mol. The van der Waals surface area contributed by atoms with Crippen LogP contribution in [0, 0.1) is 11.8 Å². The van der Waals surface area contributed by atoms with Crippen molar-refractivity contribution in [3.63, 3.8) is 0 Å². The van der Waals surface area contributed by atoms with Gasteiger partial charge in [0.2, 0.25) is 0 Å². The molecule has 1 aliphatic heterocycles. The number of pyridine rings is 1. The molecule has 0 radical (unpaired) electrons. The summed E-state index contributed by atoms with van der Waals surface area (Å²) < 4.78 is 0. The number of aromatic amines is 1. The number of nitrogens with two attached hydrogens (primary N) is 1. The molecule has 2 heterocycles. The fourth-order valence-corrected chi connectivity index (χ4v) is 4.93. The Hall–Kier alpha value is -2.80. The van der Waals surface area contributed by atoms with Crippen LogP contribution < -0.4 is 16.2 Å². The summed E-state index contributed by atoms with van der Waals surface area (Å²) >= 11 is 0. The molecule has 5 rings (SSSR count). The van der Waals surface area contributed by atoms with E-state index in [1.165, 1.54) is 0 Å². The van der Waals surface area contributed by atoms with Gasteiger partial charge in [-0.25, -0.2) is 4.79 Å². The number of aromatic hydroxyl groups is 1. The van der Waals surface area contributed by atoms with Crippen LogP contribution in [0.2, 0.25) is 0 Å². The molecule has 1 saturated carbocycles. The van der Waals surface area contributed by atoms with Crippen molar-refractivity contribution < 1.29 is 15.0 Å². The SMILES string of the molecule is NC1[C@H]2CN(c3ccc4c(c3)CCCCc3c-4[nH]c(=O)c(C(=O)O)c3O)C[C@@H]12. The van der Waals surface area contributed by atoms with Crippen molar-refractivity contribution in [1.82, 2.24) is 4.98 Å². The summed E-state index contributed by atoms with van der Waals surface area (Å²) in [6, 6.07) is 6.54. The van der Waals surface area contributed by atoms with Gasteiger partial charge in [0, 0.05) is 35.9 Å². The fourth-order valence-electron chi connectivity index (χ4n) is 4.93. The Kier molecular flexibility index (Phi) is 3.77. The molecule has 2 aromatic rings.